The molecule has 0 unspecified atom stereocenters. The van der Waals surface area contributed by atoms with E-state index in [1.54, 1.807) is 19.9 Å². The summed E-state index contributed by atoms with van der Waals surface area (Å²) >= 11 is 0. The predicted molar refractivity (Wildman–Crippen MR) is 91.2 cm³/mol. The van der Waals surface area contributed by atoms with Crippen LogP contribution in [-0.4, -0.2) is 14.3 Å². The Balaban J connectivity index is 2.42. The molecule has 0 aliphatic carbocycles. The van der Waals surface area contributed by atoms with Crippen LogP contribution in [-0.2, 0) is 10.0 Å². The van der Waals surface area contributed by atoms with Crippen molar-refractivity contribution in [1.29, 1.82) is 0 Å². The molecule has 0 saturated heterocycles. The second kappa shape index (κ2) is 6.14. The molecule has 0 aliphatic rings. The third-order valence-electron chi connectivity index (χ3n) is 3.82. The van der Waals surface area contributed by atoms with Crippen LogP contribution in [0, 0.1) is 27.7 Å². The first-order valence-electron chi connectivity index (χ1n) is 7.12. The zero-order chi connectivity index (χ0) is 17.4. The highest BCUT2D eigenvalue weighted by Gasteiger charge is 2.17. The SMILES string of the molecule is Cc1ccc(NC(=O)c2cc(C)c(C)c(S(N)(=O)=O)c2)c(C)c1. The fourth-order valence-electron chi connectivity index (χ4n) is 2.40. The number of aryl methyl sites for hydroxylation is 3. The van der Waals surface area contributed by atoms with Crippen molar-refractivity contribution in [2.75, 3.05) is 5.32 Å². The Hall–Kier alpha value is -2.18. The van der Waals surface area contributed by atoms with Gasteiger partial charge in [0.05, 0.1) is 4.90 Å². The molecule has 2 aromatic carbocycles. The highest BCUT2D eigenvalue weighted by molar-refractivity contribution is 7.89. The monoisotopic (exact) mass is 332 g/mol. The van der Waals surface area contributed by atoms with Crippen LogP contribution in [0.3, 0.4) is 0 Å². The number of carbonyl (C=O) groups excluding carboxylic acids is 1. The number of anilines is 1. The molecule has 0 aromatic heterocycles. The average Bonchev–Trinajstić information content (AvgIpc) is 2.43. The van der Waals surface area contributed by atoms with Gasteiger partial charge < -0.3 is 5.32 Å². The Bertz CT molecular complexity index is 887. The highest BCUT2D eigenvalue weighted by Crippen LogP contribution is 2.22. The number of amides is 1. The van der Waals surface area contributed by atoms with E-state index in [1.807, 2.05) is 32.0 Å². The molecule has 122 valence electrons. The topological polar surface area (TPSA) is 89.3 Å². The summed E-state index contributed by atoms with van der Waals surface area (Å²) in [6, 6.07) is 8.66. The molecule has 6 heteroatoms. The molecule has 0 spiro atoms. The summed E-state index contributed by atoms with van der Waals surface area (Å²) in [6.45, 7) is 7.29. The second-order valence-electron chi connectivity index (χ2n) is 5.73. The van der Waals surface area contributed by atoms with Gasteiger partial charge in [-0.2, -0.15) is 0 Å². The molecule has 0 bridgehead atoms. The van der Waals surface area contributed by atoms with Crippen LogP contribution >= 0.6 is 0 Å². The molecule has 0 aliphatic heterocycles. The summed E-state index contributed by atoms with van der Waals surface area (Å²) in [4.78, 5) is 12.4. The summed E-state index contributed by atoms with van der Waals surface area (Å²) in [7, 11) is -3.88. The number of nitrogens with two attached hydrogens (primary N) is 1. The molecule has 0 fully saturated rings. The van der Waals surface area contributed by atoms with Crippen LogP contribution < -0.4 is 10.5 Å². The van der Waals surface area contributed by atoms with Crippen molar-refractivity contribution < 1.29 is 13.2 Å². The van der Waals surface area contributed by atoms with Gasteiger partial charge in [0.15, 0.2) is 0 Å². The average molecular weight is 332 g/mol. The highest BCUT2D eigenvalue weighted by atomic mass is 32.2. The molecule has 23 heavy (non-hydrogen) atoms. The maximum absolute atomic E-state index is 12.4. The summed E-state index contributed by atoms with van der Waals surface area (Å²) in [5.74, 6) is -0.370. The Kier molecular flexibility index (Phi) is 4.58. The molecule has 2 rings (SSSR count). The van der Waals surface area contributed by atoms with E-state index in [0.717, 1.165) is 11.1 Å². The van der Waals surface area contributed by atoms with E-state index in [4.69, 9.17) is 5.14 Å². The lowest BCUT2D eigenvalue weighted by molar-refractivity contribution is 0.102. The fraction of sp³-hybridized carbons (Fsp3) is 0.235. The third-order valence-corrected chi connectivity index (χ3v) is 4.86. The predicted octanol–water partition coefficient (Wildman–Crippen LogP) is 2.82. The number of sulfonamides is 1. The van der Waals surface area contributed by atoms with Gasteiger partial charge in [0.1, 0.15) is 0 Å². The zero-order valence-corrected chi connectivity index (χ0v) is 14.4. The van der Waals surface area contributed by atoms with E-state index in [-0.39, 0.29) is 16.4 Å². The minimum absolute atomic E-state index is 0.0247. The Morgan fingerprint density at radius 2 is 1.65 bits per heavy atom. The van der Waals surface area contributed by atoms with Crippen LogP contribution in [0.4, 0.5) is 5.69 Å². The summed E-state index contributed by atoms with van der Waals surface area (Å²) < 4.78 is 23.4. The minimum atomic E-state index is -3.88. The quantitative estimate of drug-likeness (QED) is 0.905. The minimum Gasteiger partial charge on any atom is -0.322 e. The largest absolute Gasteiger partial charge is 0.322 e. The molecule has 3 N–H and O–H groups in total. The van der Waals surface area contributed by atoms with Gasteiger partial charge in [-0.1, -0.05) is 17.7 Å². The summed E-state index contributed by atoms with van der Waals surface area (Å²) in [5, 5.41) is 8.03. The maximum atomic E-state index is 12.4. The number of carbonyl (C=O) groups is 1. The number of benzene rings is 2. The van der Waals surface area contributed by atoms with Gasteiger partial charge >= 0.3 is 0 Å². The van der Waals surface area contributed by atoms with Gasteiger partial charge in [0, 0.05) is 11.3 Å². The van der Waals surface area contributed by atoms with Crippen LogP contribution in [0.15, 0.2) is 35.2 Å². The van der Waals surface area contributed by atoms with Gasteiger partial charge in [-0.25, -0.2) is 13.6 Å². The Morgan fingerprint density at radius 1 is 1.00 bits per heavy atom. The van der Waals surface area contributed by atoms with Crippen molar-refractivity contribution in [3.05, 3.63) is 58.1 Å². The molecule has 5 nitrogen and oxygen atoms in total. The standard InChI is InChI=1S/C17H20N2O3S/c1-10-5-6-15(12(3)7-10)19-17(20)14-8-11(2)13(4)16(9-14)23(18,21)22/h5-9H,1-4H3,(H,19,20)(H2,18,21,22). The number of primary sulfonamides is 1. The molecule has 0 heterocycles. The number of rotatable bonds is 3. The van der Waals surface area contributed by atoms with Crippen molar-refractivity contribution in [2.45, 2.75) is 32.6 Å². The van der Waals surface area contributed by atoms with Crippen LogP contribution in [0.25, 0.3) is 0 Å². The lowest BCUT2D eigenvalue weighted by Gasteiger charge is -2.12. The van der Waals surface area contributed by atoms with E-state index in [2.05, 4.69) is 5.32 Å². The van der Waals surface area contributed by atoms with Gasteiger partial charge in [-0.3, -0.25) is 4.79 Å². The smallest absolute Gasteiger partial charge is 0.255 e. The lowest BCUT2D eigenvalue weighted by atomic mass is 10.1. The van der Waals surface area contributed by atoms with E-state index in [0.29, 0.717) is 16.8 Å². The second-order valence-corrected chi connectivity index (χ2v) is 7.26. The van der Waals surface area contributed by atoms with Crippen molar-refractivity contribution in [3.63, 3.8) is 0 Å². The summed E-state index contributed by atoms with van der Waals surface area (Å²) in [6.07, 6.45) is 0. The van der Waals surface area contributed by atoms with Gasteiger partial charge in [0.2, 0.25) is 10.0 Å². The molecule has 2 aromatic rings. The van der Waals surface area contributed by atoms with Gasteiger partial charge in [-0.05, 0) is 62.6 Å². The van der Waals surface area contributed by atoms with Crippen molar-refractivity contribution in [3.8, 4) is 0 Å². The van der Waals surface area contributed by atoms with Gasteiger partial charge in [-0.15, -0.1) is 0 Å². The first-order chi connectivity index (χ1) is 10.6. The van der Waals surface area contributed by atoms with E-state index in [9.17, 15) is 13.2 Å². The summed E-state index contributed by atoms with van der Waals surface area (Å²) in [5.41, 5.74) is 4.24. The molecular formula is C17H20N2O3S. The van der Waals surface area contributed by atoms with E-state index < -0.39 is 10.0 Å². The Labute approximate surface area is 136 Å². The Morgan fingerprint density at radius 3 is 2.22 bits per heavy atom. The first-order valence-corrected chi connectivity index (χ1v) is 8.67. The maximum Gasteiger partial charge on any atom is 0.255 e. The molecule has 0 saturated carbocycles. The number of hydrogen-bond acceptors (Lipinski definition) is 3. The van der Waals surface area contributed by atoms with Crippen LogP contribution in [0.5, 0.6) is 0 Å². The van der Waals surface area contributed by atoms with Crippen molar-refractivity contribution in [2.24, 2.45) is 5.14 Å². The zero-order valence-electron chi connectivity index (χ0n) is 13.6. The lowest BCUT2D eigenvalue weighted by Crippen LogP contribution is -2.18. The van der Waals surface area contributed by atoms with Crippen molar-refractivity contribution in [1.82, 2.24) is 0 Å². The molecule has 0 radical (unpaired) electrons. The first kappa shape index (κ1) is 17.2. The number of nitrogens with one attached hydrogen (secondary N) is 1. The van der Waals surface area contributed by atoms with Crippen LogP contribution in [0.1, 0.15) is 32.6 Å². The van der Waals surface area contributed by atoms with Crippen molar-refractivity contribution >= 4 is 21.6 Å². The molecule has 1 amide bonds. The molecule has 0 atom stereocenters. The van der Waals surface area contributed by atoms with Gasteiger partial charge in [0.25, 0.3) is 5.91 Å². The van der Waals surface area contributed by atoms with Crippen LogP contribution in [0.2, 0.25) is 0 Å². The normalized spacial score (nSPS) is 11.3. The molecular weight excluding hydrogens is 312 g/mol. The number of hydrogen-bond donors (Lipinski definition) is 2. The third kappa shape index (κ3) is 3.78. The van der Waals surface area contributed by atoms with E-state index in [1.165, 1.54) is 6.07 Å². The fourth-order valence-corrected chi connectivity index (χ4v) is 3.28. The van der Waals surface area contributed by atoms with E-state index >= 15 is 0 Å².